The summed E-state index contributed by atoms with van der Waals surface area (Å²) in [6.07, 6.45) is 7.42. The van der Waals surface area contributed by atoms with E-state index in [9.17, 15) is 9.90 Å². The third-order valence-electron chi connectivity index (χ3n) is 5.87. The highest BCUT2D eigenvalue weighted by atomic mass is 35.5. The van der Waals surface area contributed by atoms with E-state index < -0.39 is 0 Å². The number of hydrogen-bond acceptors (Lipinski definition) is 6. The van der Waals surface area contributed by atoms with E-state index in [1.54, 1.807) is 6.20 Å². The van der Waals surface area contributed by atoms with Crippen LogP contribution in [-0.2, 0) is 4.79 Å². The van der Waals surface area contributed by atoms with Crippen molar-refractivity contribution in [1.82, 2.24) is 19.9 Å². The van der Waals surface area contributed by atoms with Crippen molar-refractivity contribution in [3.8, 4) is 11.1 Å². The van der Waals surface area contributed by atoms with Gasteiger partial charge in [-0.25, -0.2) is 9.97 Å². The Morgan fingerprint density at radius 2 is 2.13 bits per heavy atom. The zero-order valence-electron chi connectivity index (χ0n) is 17.2. The SMILES string of the molecule is NC(=O)CN(CCO)C1CCC(Nc2cc(-c3c[nH]c4ncccc34)cc(Cl)n2)CC1. The summed E-state index contributed by atoms with van der Waals surface area (Å²) in [5, 5.41) is 14.3. The number of nitrogens with zero attached hydrogens (tertiary/aromatic N) is 3. The van der Waals surface area contributed by atoms with Crippen molar-refractivity contribution in [3.05, 3.63) is 41.8 Å². The average Bonchev–Trinajstić information content (AvgIpc) is 3.18. The summed E-state index contributed by atoms with van der Waals surface area (Å²) in [5.41, 5.74) is 8.21. The van der Waals surface area contributed by atoms with Crippen LogP contribution < -0.4 is 11.1 Å². The molecule has 0 aromatic carbocycles. The van der Waals surface area contributed by atoms with Crippen LogP contribution >= 0.6 is 11.6 Å². The Morgan fingerprint density at radius 1 is 1.32 bits per heavy atom. The first-order chi connectivity index (χ1) is 15.0. The van der Waals surface area contributed by atoms with Crippen LogP contribution in [0.5, 0.6) is 0 Å². The summed E-state index contributed by atoms with van der Waals surface area (Å²) < 4.78 is 0. The molecule has 3 aromatic heterocycles. The number of fused-ring (bicyclic) bond motifs is 1. The molecule has 8 nitrogen and oxygen atoms in total. The first kappa shape index (κ1) is 21.5. The van der Waals surface area contributed by atoms with E-state index in [0.29, 0.717) is 11.7 Å². The van der Waals surface area contributed by atoms with Crippen LogP contribution in [0.4, 0.5) is 5.82 Å². The number of H-pyrrole nitrogens is 1. The van der Waals surface area contributed by atoms with Gasteiger partial charge in [0.1, 0.15) is 16.6 Å². The van der Waals surface area contributed by atoms with Gasteiger partial charge >= 0.3 is 0 Å². The van der Waals surface area contributed by atoms with Crippen molar-refractivity contribution in [2.24, 2.45) is 5.73 Å². The zero-order chi connectivity index (χ0) is 21.8. The number of rotatable bonds is 8. The molecule has 1 aliphatic rings. The maximum atomic E-state index is 11.3. The number of hydrogen-bond donors (Lipinski definition) is 4. The molecule has 0 saturated heterocycles. The fourth-order valence-electron chi connectivity index (χ4n) is 4.43. The number of anilines is 1. The molecule has 1 amide bonds. The molecular formula is C22H27ClN6O2. The minimum Gasteiger partial charge on any atom is -0.395 e. The first-order valence-electron chi connectivity index (χ1n) is 10.5. The summed E-state index contributed by atoms with van der Waals surface area (Å²) >= 11 is 6.33. The van der Waals surface area contributed by atoms with Gasteiger partial charge in [-0.3, -0.25) is 9.69 Å². The van der Waals surface area contributed by atoms with Crippen LogP contribution in [0.1, 0.15) is 25.7 Å². The van der Waals surface area contributed by atoms with E-state index in [1.165, 1.54) is 0 Å². The Labute approximate surface area is 185 Å². The first-order valence-corrected chi connectivity index (χ1v) is 10.9. The number of aliphatic hydroxyl groups excluding tert-OH is 1. The highest BCUT2D eigenvalue weighted by Gasteiger charge is 2.26. The van der Waals surface area contributed by atoms with Gasteiger partial charge in [0.05, 0.1) is 13.2 Å². The van der Waals surface area contributed by atoms with Crippen LogP contribution in [0, 0.1) is 0 Å². The van der Waals surface area contributed by atoms with E-state index >= 15 is 0 Å². The summed E-state index contributed by atoms with van der Waals surface area (Å²) in [4.78, 5) is 25.3. The minimum atomic E-state index is -0.364. The fourth-order valence-corrected chi connectivity index (χ4v) is 4.64. The van der Waals surface area contributed by atoms with E-state index in [4.69, 9.17) is 17.3 Å². The second-order valence-electron chi connectivity index (χ2n) is 7.98. The van der Waals surface area contributed by atoms with Crippen molar-refractivity contribution >= 4 is 34.4 Å². The van der Waals surface area contributed by atoms with Gasteiger partial charge < -0.3 is 21.1 Å². The molecule has 1 fully saturated rings. The second kappa shape index (κ2) is 9.64. The number of pyridine rings is 2. The molecule has 164 valence electrons. The van der Waals surface area contributed by atoms with Crippen molar-refractivity contribution < 1.29 is 9.90 Å². The van der Waals surface area contributed by atoms with Crippen molar-refractivity contribution in [2.45, 2.75) is 37.8 Å². The smallest absolute Gasteiger partial charge is 0.231 e. The molecule has 9 heteroatoms. The molecule has 0 aliphatic heterocycles. The number of amides is 1. The molecule has 1 saturated carbocycles. The second-order valence-corrected chi connectivity index (χ2v) is 8.36. The lowest BCUT2D eigenvalue weighted by molar-refractivity contribution is -0.120. The molecule has 0 spiro atoms. The van der Waals surface area contributed by atoms with E-state index in [0.717, 1.165) is 53.7 Å². The number of carbonyl (C=O) groups excluding carboxylic acids is 1. The molecule has 31 heavy (non-hydrogen) atoms. The van der Waals surface area contributed by atoms with Gasteiger partial charge in [0.2, 0.25) is 5.91 Å². The lowest BCUT2D eigenvalue weighted by Gasteiger charge is -2.36. The Balaban J connectivity index is 1.44. The van der Waals surface area contributed by atoms with Gasteiger partial charge in [-0.15, -0.1) is 0 Å². The highest BCUT2D eigenvalue weighted by molar-refractivity contribution is 6.29. The summed E-state index contributed by atoms with van der Waals surface area (Å²) in [6.45, 7) is 0.663. The maximum absolute atomic E-state index is 11.3. The average molecular weight is 443 g/mol. The summed E-state index contributed by atoms with van der Waals surface area (Å²) in [5.74, 6) is 0.380. The number of nitrogens with one attached hydrogen (secondary N) is 2. The van der Waals surface area contributed by atoms with E-state index in [2.05, 4.69) is 20.3 Å². The molecule has 0 atom stereocenters. The Kier molecular flexibility index (Phi) is 6.70. The predicted molar refractivity (Wildman–Crippen MR) is 122 cm³/mol. The topological polar surface area (TPSA) is 120 Å². The Hall–Kier alpha value is -2.68. The van der Waals surface area contributed by atoms with Gasteiger partial charge in [0, 0.05) is 42.0 Å². The molecule has 3 aromatic rings. The molecule has 3 heterocycles. The van der Waals surface area contributed by atoms with Gasteiger partial charge in [-0.2, -0.15) is 0 Å². The molecule has 0 unspecified atom stereocenters. The third-order valence-corrected chi connectivity index (χ3v) is 6.06. The predicted octanol–water partition coefficient (Wildman–Crippen LogP) is 2.78. The van der Waals surface area contributed by atoms with Crippen LogP contribution in [0.3, 0.4) is 0 Å². The molecule has 4 rings (SSSR count). The van der Waals surface area contributed by atoms with E-state index in [1.807, 2.05) is 35.4 Å². The quantitative estimate of drug-likeness (QED) is 0.398. The lowest BCUT2D eigenvalue weighted by atomic mass is 9.90. The maximum Gasteiger partial charge on any atom is 0.231 e. The van der Waals surface area contributed by atoms with Crippen LogP contribution in [0.15, 0.2) is 36.7 Å². The molecule has 0 radical (unpaired) electrons. The minimum absolute atomic E-state index is 0.0179. The number of primary amides is 1. The monoisotopic (exact) mass is 442 g/mol. The number of carbonyl (C=O) groups is 1. The third kappa shape index (κ3) is 5.15. The molecule has 1 aliphatic carbocycles. The number of halogens is 1. The van der Waals surface area contributed by atoms with Crippen LogP contribution in [0.25, 0.3) is 22.2 Å². The summed E-state index contributed by atoms with van der Waals surface area (Å²) in [6, 6.07) is 8.33. The number of nitrogens with two attached hydrogens (primary N) is 1. The molecule has 5 N–H and O–H groups in total. The number of aliphatic hydroxyl groups is 1. The van der Waals surface area contributed by atoms with Crippen LogP contribution in [-0.4, -0.2) is 62.6 Å². The highest BCUT2D eigenvalue weighted by Crippen LogP contribution is 2.32. The van der Waals surface area contributed by atoms with E-state index in [-0.39, 0.29) is 31.1 Å². The Morgan fingerprint density at radius 3 is 2.87 bits per heavy atom. The zero-order valence-corrected chi connectivity index (χ0v) is 18.0. The summed E-state index contributed by atoms with van der Waals surface area (Å²) in [7, 11) is 0. The van der Waals surface area contributed by atoms with Gasteiger partial charge in [0.25, 0.3) is 0 Å². The largest absolute Gasteiger partial charge is 0.395 e. The van der Waals surface area contributed by atoms with Crippen LogP contribution in [0.2, 0.25) is 5.15 Å². The fraction of sp³-hybridized carbons (Fsp3) is 0.409. The standard InChI is InChI=1S/C22H27ClN6O2/c23-19-10-14(18-12-26-22-17(18)2-1-7-25-22)11-21(28-19)27-15-3-5-16(6-4-15)29(8-9-30)13-20(24)31/h1-2,7,10-12,15-16,30H,3-6,8-9,13H2,(H2,24,31)(H,25,26)(H,27,28). The lowest BCUT2D eigenvalue weighted by Crippen LogP contribution is -2.45. The van der Waals surface area contributed by atoms with Gasteiger partial charge in [-0.1, -0.05) is 11.6 Å². The Bertz CT molecular complexity index is 1050. The van der Waals surface area contributed by atoms with Crippen molar-refractivity contribution in [3.63, 3.8) is 0 Å². The molecule has 0 bridgehead atoms. The van der Waals surface area contributed by atoms with Gasteiger partial charge in [0.15, 0.2) is 0 Å². The van der Waals surface area contributed by atoms with Crippen molar-refractivity contribution in [1.29, 1.82) is 0 Å². The van der Waals surface area contributed by atoms with Gasteiger partial charge in [-0.05, 0) is 55.5 Å². The number of aromatic amines is 1. The molecular weight excluding hydrogens is 416 g/mol. The van der Waals surface area contributed by atoms with Crippen molar-refractivity contribution in [2.75, 3.05) is 25.0 Å². The number of aromatic nitrogens is 3. The normalized spacial score (nSPS) is 19.1.